The van der Waals surface area contributed by atoms with E-state index in [0.29, 0.717) is 23.5 Å². The van der Waals surface area contributed by atoms with Gasteiger partial charge >= 0.3 is 0 Å². The number of piperazine rings is 1. The van der Waals surface area contributed by atoms with Gasteiger partial charge in [0.15, 0.2) is 0 Å². The summed E-state index contributed by atoms with van der Waals surface area (Å²) in [5, 5.41) is 3.68. The fourth-order valence-electron chi connectivity index (χ4n) is 2.61. The summed E-state index contributed by atoms with van der Waals surface area (Å²) >= 11 is 0. The minimum atomic E-state index is 0.323. The quantitative estimate of drug-likeness (QED) is 0.817. The molecule has 0 radical (unpaired) electrons. The Morgan fingerprint density at radius 3 is 2.53 bits per heavy atom. The highest BCUT2D eigenvalue weighted by molar-refractivity contribution is 4.92. The molecule has 1 heterocycles. The first-order valence-corrected chi connectivity index (χ1v) is 6.88. The average molecular weight is 242 g/mol. The Bertz CT molecular complexity index is 225. The first kappa shape index (κ1) is 14.9. The van der Waals surface area contributed by atoms with Gasteiger partial charge in [-0.1, -0.05) is 27.7 Å². The van der Waals surface area contributed by atoms with Crippen LogP contribution in [0.2, 0.25) is 0 Å². The summed E-state index contributed by atoms with van der Waals surface area (Å²) in [7, 11) is 1.80. The van der Waals surface area contributed by atoms with Gasteiger partial charge < -0.3 is 10.1 Å². The van der Waals surface area contributed by atoms with Crippen molar-refractivity contribution in [2.75, 3.05) is 26.8 Å². The van der Waals surface area contributed by atoms with Crippen molar-refractivity contribution in [1.29, 1.82) is 0 Å². The van der Waals surface area contributed by atoms with Gasteiger partial charge in [-0.3, -0.25) is 4.90 Å². The van der Waals surface area contributed by atoms with E-state index in [0.717, 1.165) is 26.1 Å². The molecule has 1 aliphatic heterocycles. The van der Waals surface area contributed by atoms with Gasteiger partial charge in [-0.25, -0.2) is 0 Å². The fraction of sp³-hybridized carbons (Fsp3) is 1.00. The molecule has 3 nitrogen and oxygen atoms in total. The first-order chi connectivity index (χ1) is 7.90. The minimum Gasteiger partial charge on any atom is -0.383 e. The molecule has 3 unspecified atom stereocenters. The summed E-state index contributed by atoms with van der Waals surface area (Å²) in [6.07, 6.45) is 1.16. The second-order valence-corrected chi connectivity index (χ2v) is 6.39. The fourth-order valence-corrected chi connectivity index (χ4v) is 2.61. The van der Waals surface area contributed by atoms with E-state index in [1.807, 2.05) is 0 Å². The lowest BCUT2D eigenvalue weighted by Gasteiger charge is -2.47. The molecule has 0 aromatic carbocycles. The molecule has 0 spiro atoms. The Hall–Kier alpha value is -0.120. The largest absolute Gasteiger partial charge is 0.383 e. The lowest BCUT2D eigenvalue weighted by Crippen LogP contribution is -2.62. The zero-order chi connectivity index (χ0) is 13.1. The van der Waals surface area contributed by atoms with Crippen LogP contribution < -0.4 is 5.32 Å². The monoisotopic (exact) mass is 242 g/mol. The maximum absolute atomic E-state index is 5.36. The van der Waals surface area contributed by atoms with Crippen molar-refractivity contribution >= 4 is 0 Å². The SMILES string of the molecule is CCC(COC)N1CC(C(C)(C)C)NCC1C. The lowest BCUT2D eigenvalue weighted by atomic mass is 9.84. The molecule has 0 bridgehead atoms. The molecule has 1 rings (SSSR count). The Morgan fingerprint density at radius 2 is 2.06 bits per heavy atom. The van der Waals surface area contributed by atoms with Crippen LogP contribution in [0.4, 0.5) is 0 Å². The molecule has 17 heavy (non-hydrogen) atoms. The van der Waals surface area contributed by atoms with E-state index < -0.39 is 0 Å². The average Bonchev–Trinajstić information content (AvgIpc) is 2.25. The van der Waals surface area contributed by atoms with Gasteiger partial charge in [0.1, 0.15) is 0 Å². The van der Waals surface area contributed by atoms with Crippen LogP contribution in [0.25, 0.3) is 0 Å². The first-order valence-electron chi connectivity index (χ1n) is 6.88. The molecule has 1 N–H and O–H groups in total. The second-order valence-electron chi connectivity index (χ2n) is 6.39. The van der Waals surface area contributed by atoms with Gasteiger partial charge in [0, 0.05) is 38.3 Å². The molecule has 0 saturated carbocycles. The van der Waals surface area contributed by atoms with Crippen molar-refractivity contribution in [3.05, 3.63) is 0 Å². The topological polar surface area (TPSA) is 24.5 Å². The smallest absolute Gasteiger partial charge is 0.0618 e. The third-order valence-corrected chi connectivity index (χ3v) is 3.96. The Balaban J connectivity index is 2.68. The predicted octanol–water partition coefficient (Wildman–Crippen LogP) is 2.12. The van der Waals surface area contributed by atoms with Crippen molar-refractivity contribution in [3.63, 3.8) is 0 Å². The number of ether oxygens (including phenoxy) is 1. The highest BCUT2D eigenvalue weighted by Gasteiger charge is 2.34. The molecule has 0 aromatic heterocycles. The van der Waals surface area contributed by atoms with Crippen LogP contribution in [0, 0.1) is 5.41 Å². The minimum absolute atomic E-state index is 0.323. The van der Waals surface area contributed by atoms with E-state index in [1.165, 1.54) is 0 Å². The zero-order valence-electron chi connectivity index (χ0n) is 12.4. The number of nitrogens with one attached hydrogen (secondary N) is 1. The van der Waals surface area contributed by atoms with Crippen LogP contribution in [0.5, 0.6) is 0 Å². The number of nitrogens with zero attached hydrogens (tertiary/aromatic N) is 1. The number of rotatable bonds is 4. The number of hydrogen-bond donors (Lipinski definition) is 1. The normalized spacial score (nSPS) is 29.3. The van der Waals surface area contributed by atoms with Crippen molar-refractivity contribution < 1.29 is 4.74 Å². The van der Waals surface area contributed by atoms with Crippen LogP contribution in [0.15, 0.2) is 0 Å². The van der Waals surface area contributed by atoms with Crippen LogP contribution in [-0.4, -0.2) is 49.8 Å². The van der Waals surface area contributed by atoms with E-state index in [1.54, 1.807) is 7.11 Å². The van der Waals surface area contributed by atoms with Crippen LogP contribution in [0.1, 0.15) is 41.0 Å². The summed E-state index contributed by atoms with van der Waals surface area (Å²) in [6, 6.07) is 1.74. The number of methoxy groups -OCH3 is 1. The maximum Gasteiger partial charge on any atom is 0.0618 e. The molecule has 102 valence electrons. The third-order valence-electron chi connectivity index (χ3n) is 3.96. The van der Waals surface area contributed by atoms with Gasteiger partial charge in [0.25, 0.3) is 0 Å². The summed E-state index contributed by atoms with van der Waals surface area (Å²) < 4.78 is 5.36. The maximum atomic E-state index is 5.36. The van der Waals surface area contributed by atoms with E-state index in [9.17, 15) is 0 Å². The number of hydrogen-bond acceptors (Lipinski definition) is 3. The predicted molar refractivity (Wildman–Crippen MR) is 73.4 cm³/mol. The summed E-state index contributed by atoms with van der Waals surface area (Å²) in [6.45, 7) is 14.6. The van der Waals surface area contributed by atoms with Gasteiger partial charge in [-0.05, 0) is 18.8 Å². The van der Waals surface area contributed by atoms with E-state index >= 15 is 0 Å². The van der Waals surface area contributed by atoms with E-state index in [4.69, 9.17) is 4.74 Å². The summed E-state index contributed by atoms with van der Waals surface area (Å²) in [5.41, 5.74) is 0.323. The van der Waals surface area contributed by atoms with Gasteiger partial charge in [-0.15, -0.1) is 0 Å². The van der Waals surface area contributed by atoms with Crippen molar-refractivity contribution in [2.45, 2.75) is 59.2 Å². The van der Waals surface area contributed by atoms with Gasteiger partial charge in [-0.2, -0.15) is 0 Å². The Labute approximate surface area is 107 Å². The van der Waals surface area contributed by atoms with Crippen LogP contribution in [0.3, 0.4) is 0 Å². The van der Waals surface area contributed by atoms with E-state index in [2.05, 4.69) is 44.8 Å². The molecule has 0 amide bonds. The zero-order valence-corrected chi connectivity index (χ0v) is 12.4. The molecule has 0 aromatic rings. The highest BCUT2D eigenvalue weighted by atomic mass is 16.5. The van der Waals surface area contributed by atoms with Crippen LogP contribution >= 0.6 is 0 Å². The molecular formula is C14H30N2O. The Kier molecular flexibility index (Phi) is 5.42. The van der Waals surface area contributed by atoms with E-state index in [-0.39, 0.29) is 0 Å². The third kappa shape index (κ3) is 3.94. The molecule has 0 aliphatic carbocycles. The molecule has 3 atom stereocenters. The molecule has 1 saturated heterocycles. The van der Waals surface area contributed by atoms with Crippen molar-refractivity contribution in [3.8, 4) is 0 Å². The molecular weight excluding hydrogens is 212 g/mol. The van der Waals surface area contributed by atoms with Crippen molar-refractivity contribution in [1.82, 2.24) is 10.2 Å². The summed E-state index contributed by atoms with van der Waals surface area (Å²) in [4.78, 5) is 2.62. The lowest BCUT2D eigenvalue weighted by molar-refractivity contribution is 0.0191. The highest BCUT2D eigenvalue weighted by Crippen LogP contribution is 2.25. The second kappa shape index (κ2) is 6.17. The molecule has 3 heteroatoms. The molecule has 1 fully saturated rings. The van der Waals surface area contributed by atoms with Crippen molar-refractivity contribution in [2.24, 2.45) is 5.41 Å². The molecule has 1 aliphatic rings. The Morgan fingerprint density at radius 1 is 1.41 bits per heavy atom. The van der Waals surface area contributed by atoms with Crippen LogP contribution in [-0.2, 0) is 4.74 Å². The summed E-state index contributed by atoms with van der Waals surface area (Å²) in [5.74, 6) is 0. The standard InChI is InChI=1S/C14H30N2O/c1-7-12(10-17-6)16-9-13(14(3,4)5)15-8-11(16)2/h11-13,15H,7-10H2,1-6H3. The van der Waals surface area contributed by atoms with Gasteiger partial charge in [0.05, 0.1) is 6.61 Å². The van der Waals surface area contributed by atoms with Gasteiger partial charge in [0.2, 0.25) is 0 Å².